The molecular weight excluding hydrogens is 434 g/mol. The van der Waals surface area contributed by atoms with E-state index in [1.54, 1.807) is 0 Å². The highest BCUT2D eigenvalue weighted by Gasteiger charge is 2.28. The molecule has 176 valence electrons. The zero-order chi connectivity index (χ0) is 25.0. The quantitative estimate of drug-likeness (QED) is 0.224. The van der Waals surface area contributed by atoms with E-state index in [4.69, 9.17) is 0 Å². The number of hydrogen-bond acceptors (Lipinski definition) is 0. The maximum Gasteiger partial charge on any atom is 0.213 e. The molecule has 0 atom stereocenters. The van der Waals surface area contributed by atoms with Crippen LogP contribution in [0.5, 0.6) is 0 Å². The van der Waals surface area contributed by atoms with E-state index in [1.165, 1.54) is 72.5 Å². The van der Waals surface area contributed by atoms with E-state index in [-0.39, 0.29) is 0 Å². The lowest BCUT2D eigenvalue weighted by molar-refractivity contribution is -0.660. The van der Waals surface area contributed by atoms with E-state index in [2.05, 4.69) is 137 Å². The molecule has 0 spiro atoms. The molecule has 1 aliphatic carbocycles. The summed E-state index contributed by atoms with van der Waals surface area (Å²) in [6, 6.07) is 33.7. The van der Waals surface area contributed by atoms with E-state index < -0.39 is 0 Å². The number of aromatic nitrogens is 1. The highest BCUT2D eigenvalue weighted by Crippen LogP contribution is 2.50. The summed E-state index contributed by atoms with van der Waals surface area (Å²) in [5, 5.41) is 0. The van der Waals surface area contributed by atoms with Gasteiger partial charge in [0, 0.05) is 17.2 Å². The zero-order valence-electron chi connectivity index (χ0n) is 21.8. The molecule has 0 radical (unpaired) electrons. The molecule has 0 N–H and O–H groups in total. The summed E-state index contributed by atoms with van der Waals surface area (Å²) in [5.74, 6) is 0.468. The van der Waals surface area contributed by atoms with Crippen molar-refractivity contribution in [3.63, 3.8) is 0 Å². The number of nitrogens with zero attached hydrogens (tertiary/aromatic N) is 1. The van der Waals surface area contributed by atoms with E-state index in [9.17, 15) is 0 Å². The summed E-state index contributed by atoms with van der Waals surface area (Å²) in [5.41, 5.74) is 17.0. The number of hydrogen-bond donors (Lipinski definition) is 0. The van der Waals surface area contributed by atoms with Gasteiger partial charge in [0.05, 0.1) is 5.56 Å². The Kier molecular flexibility index (Phi) is 5.38. The van der Waals surface area contributed by atoms with E-state index in [1.807, 2.05) is 0 Å². The van der Waals surface area contributed by atoms with Crippen molar-refractivity contribution in [2.75, 3.05) is 0 Å². The van der Waals surface area contributed by atoms with E-state index >= 15 is 0 Å². The van der Waals surface area contributed by atoms with Crippen molar-refractivity contribution in [2.45, 2.75) is 33.6 Å². The number of aryl methyl sites for hydroxylation is 3. The highest BCUT2D eigenvalue weighted by molar-refractivity contribution is 6.06. The third-order valence-corrected chi connectivity index (χ3v) is 7.73. The third-order valence-electron chi connectivity index (χ3n) is 7.73. The molecule has 0 amide bonds. The van der Waals surface area contributed by atoms with Crippen LogP contribution in [0.1, 0.15) is 36.5 Å². The van der Waals surface area contributed by atoms with Gasteiger partial charge in [0.2, 0.25) is 5.69 Å². The summed E-state index contributed by atoms with van der Waals surface area (Å²) in [7, 11) is 2.18. The number of rotatable bonds is 2. The second-order valence-corrected chi connectivity index (χ2v) is 10.4. The maximum absolute atomic E-state index is 2.42. The van der Waals surface area contributed by atoms with Crippen LogP contribution in [0.4, 0.5) is 0 Å². The minimum atomic E-state index is 0.468. The van der Waals surface area contributed by atoms with Crippen LogP contribution in [0.25, 0.3) is 55.8 Å². The first-order valence-electron chi connectivity index (χ1n) is 12.9. The lowest BCUT2D eigenvalue weighted by Crippen LogP contribution is -2.32. The summed E-state index contributed by atoms with van der Waals surface area (Å²) >= 11 is 0. The van der Waals surface area contributed by atoms with Gasteiger partial charge in [-0.05, 0) is 69.8 Å². The Bertz CT molecular complexity index is 1630. The minimum absolute atomic E-state index is 0.468. The van der Waals surface area contributed by atoms with Gasteiger partial charge in [-0.1, -0.05) is 98.8 Å². The predicted molar refractivity (Wildman–Crippen MR) is 152 cm³/mol. The first-order chi connectivity index (χ1) is 17.5. The molecule has 0 bridgehead atoms. The van der Waals surface area contributed by atoms with Gasteiger partial charge in [0.25, 0.3) is 0 Å². The highest BCUT2D eigenvalue weighted by atomic mass is 14.9. The Morgan fingerprint density at radius 3 is 1.53 bits per heavy atom. The minimum Gasteiger partial charge on any atom is -0.201 e. The molecule has 0 unspecified atom stereocenters. The Balaban J connectivity index is 1.80. The monoisotopic (exact) mass is 466 g/mol. The van der Waals surface area contributed by atoms with Crippen molar-refractivity contribution >= 4 is 0 Å². The van der Waals surface area contributed by atoms with Crippen molar-refractivity contribution in [2.24, 2.45) is 7.05 Å². The van der Waals surface area contributed by atoms with Crippen LogP contribution in [-0.4, -0.2) is 0 Å². The van der Waals surface area contributed by atoms with Gasteiger partial charge in [-0.3, -0.25) is 0 Å². The van der Waals surface area contributed by atoms with E-state index in [0.717, 1.165) is 0 Å². The number of fused-ring (bicyclic) bond motifs is 8. The van der Waals surface area contributed by atoms with Crippen LogP contribution < -0.4 is 4.57 Å². The summed E-state index contributed by atoms with van der Waals surface area (Å²) in [6.07, 6.45) is 2.29. The molecule has 5 aromatic rings. The lowest BCUT2D eigenvalue weighted by atomic mass is 9.78. The van der Waals surface area contributed by atoms with Gasteiger partial charge in [-0.25, -0.2) is 4.57 Å². The molecule has 1 heterocycles. The van der Waals surface area contributed by atoms with Crippen LogP contribution in [0.2, 0.25) is 0 Å². The van der Waals surface area contributed by atoms with Gasteiger partial charge >= 0.3 is 0 Å². The molecule has 36 heavy (non-hydrogen) atoms. The molecule has 1 aliphatic rings. The Morgan fingerprint density at radius 1 is 0.528 bits per heavy atom. The molecule has 0 aliphatic heterocycles. The molecule has 0 saturated heterocycles. The first kappa shape index (κ1) is 22.5. The average Bonchev–Trinajstić information content (AvgIpc) is 2.88. The molecular formula is C35H32N+. The van der Waals surface area contributed by atoms with Crippen LogP contribution in [0, 0.1) is 13.8 Å². The van der Waals surface area contributed by atoms with Crippen LogP contribution in [0.3, 0.4) is 0 Å². The van der Waals surface area contributed by atoms with Crippen LogP contribution in [-0.2, 0) is 7.05 Å². The Morgan fingerprint density at radius 2 is 1.00 bits per heavy atom. The second kappa shape index (κ2) is 8.60. The van der Waals surface area contributed by atoms with Crippen molar-refractivity contribution in [3.05, 3.63) is 114 Å². The third kappa shape index (κ3) is 3.42. The van der Waals surface area contributed by atoms with Crippen LogP contribution >= 0.6 is 0 Å². The molecule has 1 nitrogen and oxygen atoms in total. The molecule has 0 saturated carbocycles. The fourth-order valence-corrected chi connectivity index (χ4v) is 6.05. The topological polar surface area (TPSA) is 3.88 Å². The molecule has 1 heteroatoms. The van der Waals surface area contributed by atoms with Gasteiger partial charge < -0.3 is 0 Å². The summed E-state index contributed by atoms with van der Waals surface area (Å²) < 4.78 is 2.31. The molecule has 4 aromatic carbocycles. The SMILES string of the molecule is Cc1c[n+](C)c(-c2c(C)ccc3c2-c2ccccc2-c2ccccc2-c2ccccc2-3)cc1C(C)C. The van der Waals surface area contributed by atoms with Crippen molar-refractivity contribution in [3.8, 4) is 55.8 Å². The summed E-state index contributed by atoms with van der Waals surface area (Å²) in [4.78, 5) is 0. The zero-order valence-corrected chi connectivity index (χ0v) is 21.8. The molecule has 1 aromatic heterocycles. The Hall–Kier alpha value is -3.97. The van der Waals surface area contributed by atoms with Gasteiger partial charge in [-0.15, -0.1) is 0 Å². The predicted octanol–water partition coefficient (Wildman–Crippen LogP) is 8.90. The maximum atomic E-state index is 2.42. The average molecular weight is 467 g/mol. The van der Waals surface area contributed by atoms with Gasteiger partial charge in [0.1, 0.15) is 7.05 Å². The number of benzene rings is 4. The smallest absolute Gasteiger partial charge is 0.201 e. The lowest BCUT2D eigenvalue weighted by Gasteiger charge is -2.25. The van der Waals surface area contributed by atoms with E-state index in [0.29, 0.717) is 5.92 Å². The first-order valence-corrected chi connectivity index (χ1v) is 12.9. The fourth-order valence-electron chi connectivity index (χ4n) is 6.05. The normalized spacial score (nSPS) is 11.7. The standard InChI is InChI=1S/C35H32N/c1-22(2)32-20-33(36(5)21-24(32)4)34-23(3)18-19-31-29-16-9-8-14-27(29)25-12-6-7-13-26(25)28-15-10-11-17-30(28)35(31)34/h6-22H,1-5H3/q+1. The molecule has 6 rings (SSSR count). The van der Waals surface area contributed by atoms with Crippen molar-refractivity contribution in [1.29, 1.82) is 0 Å². The molecule has 0 fully saturated rings. The van der Waals surface area contributed by atoms with Crippen molar-refractivity contribution in [1.82, 2.24) is 0 Å². The number of pyridine rings is 1. The summed E-state index contributed by atoms with van der Waals surface area (Å²) in [6.45, 7) is 9.06. The largest absolute Gasteiger partial charge is 0.213 e. The Labute approximate surface area is 214 Å². The second-order valence-electron chi connectivity index (χ2n) is 10.4. The van der Waals surface area contributed by atoms with Gasteiger partial charge in [0.15, 0.2) is 6.20 Å². The van der Waals surface area contributed by atoms with Crippen molar-refractivity contribution < 1.29 is 4.57 Å². The van der Waals surface area contributed by atoms with Crippen LogP contribution in [0.15, 0.2) is 97.2 Å². The van der Waals surface area contributed by atoms with Gasteiger partial charge in [-0.2, -0.15) is 0 Å². The fraction of sp³-hybridized carbons (Fsp3) is 0.171.